The molecule has 0 unspecified atom stereocenters. The smallest absolute Gasteiger partial charge is 0.0406 e. The van der Waals surface area contributed by atoms with E-state index in [9.17, 15) is 0 Å². The Morgan fingerprint density at radius 1 is 1.20 bits per heavy atom. The maximum absolute atomic E-state index is 5.52. The number of rotatable bonds is 5. The zero-order valence-electron chi connectivity index (χ0n) is 6.15. The predicted molar refractivity (Wildman–Crippen MR) is 48.4 cm³/mol. The van der Waals surface area contributed by atoms with Crippen LogP contribution in [0, 0.1) is 0 Å². The summed E-state index contributed by atoms with van der Waals surface area (Å²) in [5.41, 5.74) is 1.29. The standard InChI is InChI=1S/C9H13Cl/c1-3-5-9(6-4-2)7-8-10/h3-4,7H,1-2,5-6,8H2. The second-order valence-corrected chi connectivity index (χ2v) is 2.31. The van der Waals surface area contributed by atoms with Crippen molar-refractivity contribution in [3.63, 3.8) is 0 Å². The van der Waals surface area contributed by atoms with Crippen molar-refractivity contribution < 1.29 is 0 Å². The lowest BCUT2D eigenvalue weighted by Gasteiger charge is -1.97. The molecule has 0 N–H and O–H groups in total. The largest absolute Gasteiger partial charge is 0.122 e. The molecular weight excluding hydrogens is 144 g/mol. The van der Waals surface area contributed by atoms with Gasteiger partial charge in [-0.3, -0.25) is 0 Å². The molecule has 0 saturated heterocycles. The van der Waals surface area contributed by atoms with Gasteiger partial charge in [-0.1, -0.05) is 23.8 Å². The van der Waals surface area contributed by atoms with Gasteiger partial charge in [0.15, 0.2) is 0 Å². The summed E-state index contributed by atoms with van der Waals surface area (Å²) in [6.07, 6.45) is 7.59. The van der Waals surface area contributed by atoms with E-state index in [0.717, 1.165) is 12.8 Å². The van der Waals surface area contributed by atoms with Gasteiger partial charge in [-0.2, -0.15) is 0 Å². The molecule has 0 aromatic heterocycles. The van der Waals surface area contributed by atoms with Crippen LogP contribution < -0.4 is 0 Å². The Kier molecular flexibility index (Phi) is 6.30. The Balaban J connectivity index is 3.82. The summed E-state index contributed by atoms with van der Waals surface area (Å²) in [5.74, 6) is 0.580. The van der Waals surface area contributed by atoms with Crippen LogP contribution in [0.3, 0.4) is 0 Å². The van der Waals surface area contributed by atoms with E-state index < -0.39 is 0 Å². The van der Waals surface area contributed by atoms with Gasteiger partial charge in [-0.05, 0) is 12.8 Å². The van der Waals surface area contributed by atoms with Gasteiger partial charge in [-0.25, -0.2) is 0 Å². The van der Waals surface area contributed by atoms with Crippen LogP contribution in [0.5, 0.6) is 0 Å². The number of halogens is 1. The maximum Gasteiger partial charge on any atom is 0.0406 e. The molecule has 0 aromatic rings. The van der Waals surface area contributed by atoms with E-state index in [1.807, 2.05) is 18.2 Å². The average Bonchev–Trinajstić information content (AvgIpc) is 1.90. The predicted octanol–water partition coefficient (Wildman–Crippen LogP) is 3.30. The fourth-order valence-corrected chi connectivity index (χ4v) is 0.948. The molecule has 0 fully saturated rings. The molecule has 0 amide bonds. The van der Waals surface area contributed by atoms with E-state index in [1.165, 1.54) is 5.57 Å². The van der Waals surface area contributed by atoms with Crippen LogP contribution in [0.4, 0.5) is 0 Å². The third kappa shape index (κ3) is 4.39. The van der Waals surface area contributed by atoms with Crippen LogP contribution >= 0.6 is 11.6 Å². The Bertz CT molecular complexity index is 122. The summed E-state index contributed by atoms with van der Waals surface area (Å²) >= 11 is 5.52. The molecule has 56 valence electrons. The van der Waals surface area contributed by atoms with Crippen molar-refractivity contribution >= 4 is 11.6 Å². The number of allylic oxidation sites excluding steroid dienone is 4. The molecule has 0 aromatic carbocycles. The molecule has 10 heavy (non-hydrogen) atoms. The third-order valence-electron chi connectivity index (χ3n) is 1.18. The van der Waals surface area contributed by atoms with Crippen LogP contribution in [-0.4, -0.2) is 5.88 Å². The third-order valence-corrected chi connectivity index (χ3v) is 1.33. The van der Waals surface area contributed by atoms with Crippen molar-refractivity contribution in [2.75, 3.05) is 5.88 Å². The lowest BCUT2D eigenvalue weighted by atomic mass is 10.1. The van der Waals surface area contributed by atoms with Crippen molar-refractivity contribution in [2.45, 2.75) is 12.8 Å². The SMILES string of the molecule is C=CCC(=CCCl)CC=C. The van der Waals surface area contributed by atoms with E-state index >= 15 is 0 Å². The highest BCUT2D eigenvalue weighted by atomic mass is 35.5. The topological polar surface area (TPSA) is 0 Å². The Hall–Kier alpha value is -0.490. The van der Waals surface area contributed by atoms with Crippen LogP contribution in [-0.2, 0) is 0 Å². The molecule has 0 heterocycles. The molecule has 0 aliphatic rings. The summed E-state index contributed by atoms with van der Waals surface area (Å²) in [6, 6.07) is 0. The highest BCUT2D eigenvalue weighted by Crippen LogP contribution is 2.07. The minimum absolute atomic E-state index is 0.580. The average molecular weight is 157 g/mol. The summed E-state index contributed by atoms with van der Waals surface area (Å²) in [4.78, 5) is 0. The molecule has 0 rings (SSSR count). The Morgan fingerprint density at radius 3 is 2.00 bits per heavy atom. The van der Waals surface area contributed by atoms with Gasteiger partial charge in [0.05, 0.1) is 0 Å². The fourth-order valence-electron chi connectivity index (χ4n) is 0.730. The molecule has 0 aliphatic carbocycles. The zero-order valence-corrected chi connectivity index (χ0v) is 6.90. The Labute approximate surface area is 67.9 Å². The molecule has 1 heteroatoms. The first-order chi connectivity index (χ1) is 4.85. The van der Waals surface area contributed by atoms with Crippen LogP contribution in [0.25, 0.3) is 0 Å². The number of hydrogen-bond donors (Lipinski definition) is 0. The van der Waals surface area contributed by atoms with Crippen LogP contribution in [0.15, 0.2) is 37.0 Å². The van der Waals surface area contributed by atoms with Crippen LogP contribution in [0.1, 0.15) is 12.8 Å². The van der Waals surface area contributed by atoms with Crippen molar-refractivity contribution in [1.82, 2.24) is 0 Å². The summed E-state index contributed by atoms with van der Waals surface area (Å²) in [6.45, 7) is 7.29. The molecule has 0 saturated carbocycles. The van der Waals surface area contributed by atoms with Crippen molar-refractivity contribution in [3.8, 4) is 0 Å². The monoisotopic (exact) mass is 156 g/mol. The summed E-state index contributed by atoms with van der Waals surface area (Å²) in [7, 11) is 0. The normalized spacial score (nSPS) is 8.50. The first kappa shape index (κ1) is 9.51. The van der Waals surface area contributed by atoms with Gasteiger partial charge in [0.2, 0.25) is 0 Å². The molecular formula is C9H13Cl. The summed E-state index contributed by atoms with van der Waals surface area (Å²) < 4.78 is 0. The van der Waals surface area contributed by atoms with Gasteiger partial charge in [0.1, 0.15) is 0 Å². The van der Waals surface area contributed by atoms with E-state index in [4.69, 9.17) is 11.6 Å². The zero-order chi connectivity index (χ0) is 7.82. The van der Waals surface area contributed by atoms with Gasteiger partial charge < -0.3 is 0 Å². The quantitative estimate of drug-likeness (QED) is 0.423. The van der Waals surface area contributed by atoms with Crippen molar-refractivity contribution in [2.24, 2.45) is 0 Å². The minimum atomic E-state index is 0.580. The molecule has 0 spiro atoms. The van der Waals surface area contributed by atoms with E-state index in [-0.39, 0.29) is 0 Å². The summed E-state index contributed by atoms with van der Waals surface area (Å²) in [5, 5.41) is 0. The fraction of sp³-hybridized carbons (Fsp3) is 0.333. The van der Waals surface area contributed by atoms with Gasteiger partial charge in [-0.15, -0.1) is 24.8 Å². The molecule has 0 atom stereocenters. The lowest BCUT2D eigenvalue weighted by molar-refractivity contribution is 1.11. The highest BCUT2D eigenvalue weighted by molar-refractivity contribution is 6.18. The lowest BCUT2D eigenvalue weighted by Crippen LogP contribution is -1.79. The van der Waals surface area contributed by atoms with E-state index in [0.29, 0.717) is 5.88 Å². The second-order valence-electron chi connectivity index (χ2n) is 2.00. The van der Waals surface area contributed by atoms with E-state index in [1.54, 1.807) is 0 Å². The Morgan fingerprint density at radius 2 is 1.70 bits per heavy atom. The van der Waals surface area contributed by atoms with Crippen LogP contribution in [0.2, 0.25) is 0 Å². The molecule has 0 bridgehead atoms. The van der Waals surface area contributed by atoms with Crippen molar-refractivity contribution in [3.05, 3.63) is 37.0 Å². The highest BCUT2D eigenvalue weighted by Gasteiger charge is 1.88. The van der Waals surface area contributed by atoms with Gasteiger partial charge >= 0.3 is 0 Å². The van der Waals surface area contributed by atoms with Crippen molar-refractivity contribution in [1.29, 1.82) is 0 Å². The molecule has 0 aliphatic heterocycles. The van der Waals surface area contributed by atoms with Gasteiger partial charge in [0.25, 0.3) is 0 Å². The first-order valence-electron chi connectivity index (χ1n) is 3.30. The van der Waals surface area contributed by atoms with Gasteiger partial charge in [0, 0.05) is 5.88 Å². The number of alkyl halides is 1. The number of hydrogen-bond acceptors (Lipinski definition) is 0. The molecule has 0 radical (unpaired) electrons. The molecule has 0 nitrogen and oxygen atoms in total. The maximum atomic E-state index is 5.52. The first-order valence-corrected chi connectivity index (χ1v) is 3.84. The minimum Gasteiger partial charge on any atom is -0.122 e. The second kappa shape index (κ2) is 6.63. The van der Waals surface area contributed by atoms with E-state index in [2.05, 4.69) is 13.2 Å².